The fraction of sp³-hybridized carbons (Fsp3) is 0.500. The largest absolute Gasteiger partial charge is 0.493 e. The summed E-state index contributed by atoms with van der Waals surface area (Å²) in [6, 6.07) is 8.11. The van der Waals surface area contributed by atoms with E-state index >= 15 is 0 Å². The van der Waals surface area contributed by atoms with Crippen LogP contribution in [0.5, 0.6) is 5.75 Å². The fourth-order valence-corrected chi connectivity index (χ4v) is 1.53. The molecule has 3 heteroatoms. The second-order valence-corrected chi connectivity index (χ2v) is 4.44. The molecule has 0 aliphatic carbocycles. The van der Waals surface area contributed by atoms with Gasteiger partial charge in [-0.1, -0.05) is 18.2 Å². The Morgan fingerprint density at radius 3 is 2.71 bits per heavy atom. The number of ether oxygens (including phenoxy) is 1. The highest BCUT2D eigenvalue weighted by atomic mass is 16.5. The monoisotopic (exact) mass is 235 g/mol. The van der Waals surface area contributed by atoms with Crippen LogP contribution in [0.3, 0.4) is 0 Å². The molecule has 0 heterocycles. The molecule has 1 rings (SSSR count). The summed E-state index contributed by atoms with van der Waals surface area (Å²) >= 11 is 0. The molecule has 0 atom stereocenters. The molecule has 0 fully saturated rings. The lowest BCUT2D eigenvalue weighted by atomic mass is 10.2. The van der Waals surface area contributed by atoms with Crippen LogP contribution in [0.1, 0.15) is 32.3 Å². The van der Waals surface area contributed by atoms with Crippen LogP contribution in [0.25, 0.3) is 0 Å². The lowest BCUT2D eigenvalue weighted by Gasteiger charge is -2.10. The van der Waals surface area contributed by atoms with Gasteiger partial charge in [-0.2, -0.15) is 0 Å². The van der Waals surface area contributed by atoms with E-state index in [1.807, 2.05) is 45.0 Å². The predicted octanol–water partition coefficient (Wildman–Crippen LogP) is 2.68. The van der Waals surface area contributed by atoms with Gasteiger partial charge >= 0.3 is 0 Å². The number of aryl methyl sites for hydroxylation is 1. The van der Waals surface area contributed by atoms with E-state index < -0.39 is 0 Å². The number of benzene rings is 1. The maximum atomic E-state index is 11.4. The first kappa shape index (κ1) is 13.6. The smallest absolute Gasteiger partial charge is 0.220 e. The zero-order valence-electron chi connectivity index (χ0n) is 10.8. The zero-order chi connectivity index (χ0) is 12.7. The number of carbonyl (C=O) groups is 1. The summed E-state index contributed by atoms with van der Waals surface area (Å²) in [5.41, 5.74) is 1.12. The second kappa shape index (κ2) is 6.94. The summed E-state index contributed by atoms with van der Waals surface area (Å²) in [4.78, 5) is 11.4. The molecule has 17 heavy (non-hydrogen) atoms. The average Bonchev–Trinajstić information content (AvgIpc) is 2.25. The predicted molar refractivity (Wildman–Crippen MR) is 69.2 cm³/mol. The number of hydrogen-bond acceptors (Lipinski definition) is 2. The lowest BCUT2D eigenvalue weighted by molar-refractivity contribution is -0.121. The van der Waals surface area contributed by atoms with Crippen molar-refractivity contribution in [1.82, 2.24) is 5.32 Å². The van der Waals surface area contributed by atoms with E-state index in [-0.39, 0.29) is 11.9 Å². The molecule has 0 aromatic heterocycles. The summed E-state index contributed by atoms with van der Waals surface area (Å²) in [5, 5.41) is 2.86. The number of carbonyl (C=O) groups excluding carboxylic acids is 1. The van der Waals surface area contributed by atoms with Gasteiger partial charge in [0.1, 0.15) is 5.75 Å². The van der Waals surface area contributed by atoms with E-state index in [0.717, 1.165) is 17.7 Å². The van der Waals surface area contributed by atoms with Crippen LogP contribution in [0, 0.1) is 6.92 Å². The first-order valence-corrected chi connectivity index (χ1v) is 6.07. The van der Waals surface area contributed by atoms with Crippen LogP contribution in [0.4, 0.5) is 0 Å². The van der Waals surface area contributed by atoms with Crippen LogP contribution < -0.4 is 10.1 Å². The molecular weight excluding hydrogens is 214 g/mol. The van der Waals surface area contributed by atoms with E-state index in [2.05, 4.69) is 5.32 Å². The van der Waals surface area contributed by atoms with Crippen LogP contribution in [0.2, 0.25) is 0 Å². The van der Waals surface area contributed by atoms with Gasteiger partial charge in [-0.3, -0.25) is 4.79 Å². The first-order chi connectivity index (χ1) is 8.09. The van der Waals surface area contributed by atoms with Gasteiger partial charge in [0, 0.05) is 12.5 Å². The minimum Gasteiger partial charge on any atom is -0.493 e. The van der Waals surface area contributed by atoms with Gasteiger partial charge < -0.3 is 10.1 Å². The molecule has 1 aromatic rings. The average molecular weight is 235 g/mol. The minimum atomic E-state index is 0.0911. The molecular formula is C14H21NO2. The molecule has 0 spiro atoms. The second-order valence-electron chi connectivity index (χ2n) is 4.44. The van der Waals surface area contributed by atoms with Gasteiger partial charge in [-0.15, -0.1) is 0 Å². The molecule has 0 saturated heterocycles. The third-order valence-electron chi connectivity index (χ3n) is 2.35. The SMILES string of the molecule is Cc1ccccc1OCCCC(=O)NC(C)C. The quantitative estimate of drug-likeness (QED) is 0.770. The summed E-state index contributed by atoms with van der Waals surface area (Å²) in [7, 11) is 0. The highest BCUT2D eigenvalue weighted by molar-refractivity contribution is 5.76. The minimum absolute atomic E-state index is 0.0911. The van der Waals surface area contributed by atoms with E-state index in [4.69, 9.17) is 4.74 Å². The Bertz CT molecular complexity index is 361. The van der Waals surface area contributed by atoms with Crippen LogP contribution in [-0.4, -0.2) is 18.6 Å². The third-order valence-corrected chi connectivity index (χ3v) is 2.35. The van der Waals surface area contributed by atoms with Crippen molar-refractivity contribution in [2.24, 2.45) is 0 Å². The first-order valence-electron chi connectivity index (χ1n) is 6.07. The van der Waals surface area contributed by atoms with Gasteiger partial charge in [0.05, 0.1) is 6.61 Å². The van der Waals surface area contributed by atoms with Gasteiger partial charge in [0.15, 0.2) is 0 Å². The molecule has 0 aliphatic rings. The Labute approximate surface area is 103 Å². The van der Waals surface area contributed by atoms with Crippen molar-refractivity contribution in [2.45, 2.75) is 39.7 Å². The normalized spacial score (nSPS) is 10.4. The summed E-state index contributed by atoms with van der Waals surface area (Å²) in [6.07, 6.45) is 1.26. The Balaban J connectivity index is 2.21. The molecule has 0 aliphatic heterocycles. The number of para-hydroxylation sites is 1. The summed E-state index contributed by atoms with van der Waals surface area (Å²) in [5.74, 6) is 0.991. The molecule has 1 aromatic carbocycles. The third kappa shape index (κ3) is 5.38. The fourth-order valence-electron chi connectivity index (χ4n) is 1.53. The van der Waals surface area contributed by atoms with Crippen LogP contribution in [0.15, 0.2) is 24.3 Å². The van der Waals surface area contributed by atoms with Crippen molar-refractivity contribution in [2.75, 3.05) is 6.61 Å². The number of hydrogen-bond donors (Lipinski definition) is 1. The van der Waals surface area contributed by atoms with Crippen LogP contribution in [-0.2, 0) is 4.79 Å². The summed E-state index contributed by atoms with van der Waals surface area (Å²) in [6.45, 7) is 6.51. The Morgan fingerprint density at radius 1 is 1.35 bits per heavy atom. The molecule has 3 nitrogen and oxygen atoms in total. The molecule has 0 radical (unpaired) electrons. The molecule has 0 unspecified atom stereocenters. The van der Waals surface area contributed by atoms with Crippen molar-refractivity contribution >= 4 is 5.91 Å². The van der Waals surface area contributed by atoms with Crippen molar-refractivity contribution in [1.29, 1.82) is 0 Å². The van der Waals surface area contributed by atoms with Gasteiger partial charge in [-0.05, 0) is 38.8 Å². The van der Waals surface area contributed by atoms with Crippen LogP contribution >= 0.6 is 0 Å². The Kier molecular flexibility index (Phi) is 5.53. The van der Waals surface area contributed by atoms with Crippen molar-refractivity contribution < 1.29 is 9.53 Å². The lowest BCUT2D eigenvalue weighted by Crippen LogP contribution is -2.30. The highest BCUT2D eigenvalue weighted by Crippen LogP contribution is 2.16. The number of rotatable bonds is 6. The van der Waals surface area contributed by atoms with Gasteiger partial charge in [-0.25, -0.2) is 0 Å². The van der Waals surface area contributed by atoms with Crippen molar-refractivity contribution in [3.05, 3.63) is 29.8 Å². The number of amides is 1. The topological polar surface area (TPSA) is 38.3 Å². The molecule has 0 saturated carbocycles. The molecule has 1 N–H and O–H groups in total. The van der Waals surface area contributed by atoms with Crippen molar-refractivity contribution in [3.8, 4) is 5.75 Å². The van der Waals surface area contributed by atoms with E-state index in [9.17, 15) is 4.79 Å². The van der Waals surface area contributed by atoms with Gasteiger partial charge in [0.25, 0.3) is 0 Å². The standard InChI is InChI=1S/C14H21NO2/c1-11(2)15-14(16)9-6-10-17-13-8-5-4-7-12(13)3/h4-5,7-8,11H,6,9-10H2,1-3H3,(H,15,16). The maximum Gasteiger partial charge on any atom is 0.220 e. The Hall–Kier alpha value is -1.51. The van der Waals surface area contributed by atoms with Crippen molar-refractivity contribution in [3.63, 3.8) is 0 Å². The van der Waals surface area contributed by atoms with E-state index in [1.165, 1.54) is 0 Å². The Morgan fingerprint density at radius 2 is 2.06 bits per heavy atom. The molecule has 1 amide bonds. The molecule has 94 valence electrons. The summed E-state index contributed by atoms with van der Waals surface area (Å²) < 4.78 is 5.61. The van der Waals surface area contributed by atoms with E-state index in [1.54, 1.807) is 0 Å². The maximum absolute atomic E-state index is 11.4. The highest BCUT2D eigenvalue weighted by Gasteiger charge is 2.03. The van der Waals surface area contributed by atoms with E-state index in [0.29, 0.717) is 13.0 Å². The van der Waals surface area contributed by atoms with Gasteiger partial charge in [0.2, 0.25) is 5.91 Å². The number of nitrogens with one attached hydrogen (secondary N) is 1. The molecule has 0 bridgehead atoms. The zero-order valence-corrected chi connectivity index (χ0v) is 10.8.